The number of ether oxygens (including phenoxy) is 1. The first-order valence-electron chi connectivity index (χ1n) is 7.08. The van der Waals surface area contributed by atoms with Gasteiger partial charge in [-0.05, 0) is 32.1 Å². The molecular formula is C15H22ClFN2O. The number of likely N-dealkylation sites (N-methyl/N-ethyl adjacent to an activating group) is 2. The van der Waals surface area contributed by atoms with Gasteiger partial charge < -0.3 is 15.0 Å². The Kier molecular flexibility index (Phi) is 5.78. The zero-order valence-electron chi connectivity index (χ0n) is 12.0. The number of rotatable bonds is 5. The highest BCUT2D eigenvalue weighted by molar-refractivity contribution is 6.31. The highest BCUT2D eigenvalue weighted by atomic mass is 35.5. The molecule has 112 valence electrons. The molecule has 1 aromatic carbocycles. The molecule has 0 aromatic heterocycles. The number of halogens is 2. The van der Waals surface area contributed by atoms with Gasteiger partial charge in [0.15, 0.2) is 0 Å². The van der Waals surface area contributed by atoms with Gasteiger partial charge in [-0.15, -0.1) is 0 Å². The largest absolute Gasteiger partial charge is 0.374 e. The topological polar surface area (TPSA) is 24.5 Å². The normalized spacial score (nSPS) is 21.9. The zero-order valence-corrected chi connectivity index (χ0v) is 12.8. The fourth-order valence-corrected chi connectivity index (χ4v) is 2.84. The van der Waals surface area contributed by atoms with E-state index in [1.54, 1.807) is 12.1 Å². The van der Waals surface area contributed by atoms with Crippen molar-refractivity contribution in [3.63, 3.8) is 0 Å². The lowest BCUT2D eigenvalue weighted by atomic mass is 9.99. The minimum atomic E-state index is -0.246. The highest BCUT2D eigenvalue weighted by Crippen LogP contribution is 2.22. The molecule has 5 heteroatoms. The molecule has 2 atom stereocenters. The van der Waals surface area contributed by atoms with E-state index in [2.05, 4.69) is 17.3 Å². The second-order valence-electron chi connectivity index (χ2n) is 5.24. The summed E-state index contributed by atoms with van der Waals surface area (Å²) in [4.78, 5) is 2.24. The van der Waals surface area contributed by atoms with Crippen LogP contribution in [0.2, 0.25) is 5.02 Å². The molecule has 0 bridgehead atoms. The molecule has 3 nitrogen and oxygen atoms in total. The third-order valence-corrected chi connectivity index (χ3v) is 4.05. The van der Waals surface area contributed by atoms with Crippen molar-refractivity contribution in [2.75, 3.05) is 33.3 Å². The molecule has 1 N–H and O–H groups in total. The molecule has 1 heterocycles. The van der Waals surface area contributed by atoms with Gasteiger partial charge in [0.1, 0.15) is 5.82 Å². The third kappa shape index (κ3) is 3.92. The Balaban J connectivity index is 2.12. The van der Waals surface area contributed by atoms with Gasteiger partial charge in [0.05, 0.1) is 12.7 Å². The van der Waals surface area contributed by atoms with Gasteiger partial charge >= 0.3 is 0 Å². The number of morpholine rings is 1. The molecule has 2 rings (SSSR count). The van der Waals surface area contributed by atoms with E-state index >= 15 is 0 Å². The molecule has 0 aliphatic carbocycles. The molecule has 1 fully saturated rings. The van der Waals surface area contributed by atoms with Gasteiger partial charge in [-0.3, -0.25) is 0 Å². The Morgan fingerprint density at radius 3 is 3.00 bits per heavy atom. The van der Waals surface area contributed by atoms with Crippen molar-refractivity contribution in [2.24, 2.45) is 0 Å². The van der Waals surface area contributed by atoms with Gasteiger partial charge in [-0.25, -0.2) is 4.39 Å². The Morgan fingerprint density at radius 1 is 1.55 bits per heavy atom. The van der Waals surface area contributed by atoms with E-state index in [4.69, 9.17) is 16.3 Å². The summed E-state index contributed by atoms with van der Waals surface area (Å²) in [7, 11) is 2.08. The lowest BCUT2D eigenvalue weighted by molar-refractivity contribution is -0.0382. The smallest absolute Gasteiger partial charge is 0.127 e. The number of nitrogens with zero attached hydrogens (tertiary/aromatic N) is 1. The molecule has 2 unspecified atom stereocenters. The second kappa shape index (κ2) is 7.36. The van der Waals surface area contributed by atoms with Crippen LogP contribution in [0, 0.1) is 5.82 Å². The first-order chi connectivity index (χ1) is 9.61. The van der Waals surface area contributed by atoms with Gasteiger partial charge in [-0.1, -0.05) is 24.6 Å². The minimum Gasteiger partial charge on any atom is -0.374 e. The van der Waals surface area contributed by atoms with Crippen molar-refractivity contribution in [1.82, 2.24) is 10.2 Å². The van der Waals surface area contributed by atoms with E-state index in [1.165, 1.54) is 6.07 Å². The summed E-state index contributed by atoms with van der Waals surface area (Å²) in [6, 6.07) is 4.89. The maximum absolute atomic E-state index is 13.9. The number of hydrogen-bond donors (Lipinski definition) is 1. The van der Waals surface area contributed by atoms with Gasteiger partial charge in [-0.2, -0.15) is 0 Å². The maximum atomic E-state index is 13.9. The van der Waals surface area contributed by atoms with Gasteiger partial charge in [0, 0.05) is 29.7 Å². The molecule has 1 aromatic rings. The molecule has 1 aliphatic rings. The van der Waals surface area contributed by atoms with E-state index < -0.39 is 0 Å². The van der Waals surface area contributed by atoms with Crippen LogP contribution in [0.15, 0.2) is 18.2 Å². The predicted octanol–water partition coefficient (Wildman–Crippen LogP) is 2.33. The summed E-state index contributed by atoms with van der Waals surface area (Å²) in [5.41, 5.74) is 0.567. The van der Waals surface area contributed by atoms with Crippen LogP contribution >= 0.6 is 11.6 Å². The second-order valence-corrected chi connectivity index (χ2v) is 5.65. The molecular weight excluding hydrogens is 279 g/mol. The van der Waals surface area contributed by atoms with Gasteiger partial charge in [0.2, 0.25) is 0 Å². The Hall–Kier alpha value is -0.680. The zero-order chi connectivity index (χ0) is 14.5. The minimum absolute atomic E-state index is 0.0596. The molecule has 0 radical (unpaired) electrons. The van der Waals surface area contributed by atoms with Crippen LogP contribution in [0.4, 0.5) is 4.39 Å². The van der Waals surface area contributed by atoms with Crippen molar-refractivity contribution < 1.29 is 9.13 Å². The van der Waals surface area contributed by atoms with Crippen LogP contribution in [-0.2, 0) is 11.2 Å². The monoisotopic (exact) mass is 300 g/mol. The van der Waals surface area contributed by atoms with Crippen LogP contribution in [0.1, 0.15) is 12.5 Å². The molecule has 20 heavy (non-hydrogen) atoms. The molecule has 0 saturated carbocycles. The van der Waals surface area contributed by atoms with Crippen LogP contribution in [0.5, 0.6) is 0 Å². The first kappa shape index (κ1) is 15.7. The van der Waals surface area contributed by atoms with Crippen molar-refractivity contribution in [2.45, 2.75) is 25.5 Å². The van der Waals surface area contributed by atoms with E-state index in [0.29, 0.717) is 23.6 Å². The van der Waals surface area contributed by atoms with Crippen LogP contribution < -0.4 is 5.32 Å². The fraction of sp³-hybridized carbons (Fsp3) is 0.600. The summed E-state index contributed by atoms with van der Waals surface area (Å²) < 4.78 is 19.8. The van der Waals surface area contributed by atoms with Crippen LogP contribution in [0.25, 0.3) is 0 Å². The quantitative estimate of drug-likeness (QED) is 0.903. The summed E-state index contributed by atoms with van der Waals surface area (Å²) in [6.07, 6.45) is 0.599. The van der Waals surface area contributed by atoms with Gasteiger partial charge in [0.25, 0.3) is 0 Å². The average molecular weight is 301 g/mol. The van der Waals surface area contributed by atoms with Crippen molar-refractivity contribution in [1.29, 1.82) is 0 Å². The van der Waals surface area contributed by atoms with Crippen molar-refractivity contribution >= 4 is 11.6 Å². The summed E-state index contributed by atoms with van der Waals surface area (Å²) >= 11 is 6.12. The van der Waals surface area contributed by atoms with E-state index in [0.717, 1.165) is 19.6 Å². The number of hydrogen-bond acceptors (Lipinski definition) is 3. The standard InChI is InChI=1S/C15H22ClFN2O/c1-3-18-14(15-10-19(2)7-8-20-15)9-11-12(16)5-4-6-13(11)17/h4-6,14-15,18H,3,7-10H2,1-2H3. The Morgan fingerprint density at radius 2 is 2.35 bits per heavy atom. The number of nitrogens with one attached hydrogen (secondary N) is 1. The Bertz CT molecular complexity index is 424. The molecule has 0 spiro atoms. The van der Waals surface area contributed by atoms with Crippen LogP contribution in [-0.4, -0.2) is 50.3 Å². The highest BCUT2D eigenvalue weighted by Gasteiger charge is 2.27. The lowest BCUT2D eigenvalue weighted by Gasteiger charge is -2.35. The summed E-state index contributed by atoms with van der Waals surface area (Å²) in [5, 5.41) is 3.88. The number of benzene rings is 1. The molecule has 0 amide bonds. The van der Waals surface area contributed by atoms with Crippen molar-refractivity contribution in [3.05, 3.63) is 34.6 Å². The van der Waals surface area contributed by atoms with E-state index in [-0.39, 0.29) is 18.0 Å². The van der Waals surface area contributed by atoms with E-state index in [1.807, 2.05) is 6.92 Å². The first-order valence-corrected chi connectivity index (χ1v) is 7.46. The summed E-state index contributed by atoms with van der Waals surface area (Å²) in [5.74, 6) is -0.246. The molecule has 1 saturated heterocycles. The fourth-order valence-electron chi connectivity index (χ4n) is 2.60. The molecule has 1 aliphatic heterocycles. The SMILES string of the molecule is CCNC(Cc1c(F)cccc1Cl)C1CN(C)CCO1. The Labute approximate surface area is 125 Å². The maximum Gasteiger partial charge on any atom is 0.127 e. The van der Waals surface area contributed by atoms with Crippen LogP contribution in [0.3, 0.4) is 0 Å². The average Bonchev–Trinajstić information content (AvgIpc) is 2.42. The third-order valence-electron chi connectivity index (χ3n) is 3.70. The van der Waals surface area contributed by atoms with Crippen molar-refractivity contribution in [3.8, 4) is 0 Å². The summed E-state index contributed by atoms with van der Waals surface area (Å²) in [6.45, 7) is 5.37. The lowest BCUT2D eigenvalue weighted by Crippen LogP contribution is -2.52. The van der Waals surface area contributed by atoms with E-state index in [9.17, 15) is 4.39 Å². The predicted molar refractivity (Wildman–Crippen MR) is 79.8 cm³/mol.